The molecular formula is C18H18O4. The van der Waals surface area contributed by atoms with Crippen molar-refractivity contribution in [1.82, 2.24) is 0 Å². The molecular weight excluding hydrogens is 280 g/mol. The van der Waals surface area contributed by atoms with Crippen molar-refractivity contribution in [2.24, 2.45) is 0 Å². The molecule has 0 aliphatic rings. The van der Waals surface area contributed by atoms with E-state index in [2.05, 4.69) is 0 Å². The van der Waals surface area contributed by atoms with E-state index in [1.807, 2.05) is 37.3 Å². The van der Waals surface area contributed by atoms with E-state index in [1.165, 1.54) is 13.2 Å². The summed E-state index contributed by atoms with van der Waals surface area (Å²) in [6, 6.07) is 12.9. The van der Waals surface area contributed by atoms with Gasteiger partial charge in [-0.05, 0) is 24.6 Å². The fourth-order valence-corrected chi connectivity index (χ4v) is 2.16. The van der Waals surface area contributed by atoms with Crippen molar-refractivity contribution in [2.45, 2.75) is 13.5 Å². The number of ether oxygens (including phenoxy) is 2. The fraction of sp³-hybridized carbons (Fsp3) is 0.167. The fourth-order valence-electron chi connectivity index (χ4n) is 2.16. The second-order valence-corrected chi connectivity index (χ2v) is 4.64. The van der Waals surface area contributed by atoms with Gasteiger partial charge in [0, 0.05) is 5.56 Å². The van der Waals surface area contributed by atoms with Gasteiger partial charge in [-0.1, -0.05) is 42.5 Å². The Balaban J connectivity index is 2.35. The molecule has 0 saturated heterocycles. The lowest BCUT2D eigenvalue weighted by Gasteiger charge is -2.15. The number of carboxylic acids is 1. The first-order valence-corrected chi connectivity index (χ1v) is 6.91. The highest BCUT2D eigenvalue weighted by atomic mass is 16.5. The molecule has 2 aromatic rings. The molecule has 4 heteroatoms. The number of aromatic carboxylic acids is 1. The van der Waals surface area contributed by atoms with E-state index in [0.717, 1.165) is 5.56 Å². The zero-order valence-corrected chi connectivity index (χ0v) is 12.6. The molecule has 2 rings (SSSR count). The van der Waals surface area contributed by atoms with Crippen LogP contribution in [-0.4, -0.2) is 18.2 Å². The molecule has 0 amide bonds. The molecule has 0 bridgehead atoms. The maximum absolute atomic E-state index is 11.3. The minimum absolute atomic E-state index is 0.182. The third-order valence-corrected chi connectivity index (χ3v) is 3.16. The first kappa shape index (κ1) is 15.6. The normalized spacial score (nSPS) is 10.6. The maximum atomic E-state index is 11.3. The van der Waals surface area contributed by atoms with Crippen LogP contribution in [0, 0.1) is 0 Å². The average Bonchev–Trinajstić information content (AvgIpc) is 2.53. The Morgan fingerprint density at radius 3 is 2.50 bits per heavy atom. The first-order valence-electron chi connectivity index (χ1n) is 6.91. The Morgan fingerprint density at radius 1 is 1.18 bits per heavy atom. The molecule has 0 heterocycles. The summed E-state index contributed by atoms with van der Waals surface area (Å²) < 4.78 is 11.2. The van der Waals surface area contributed by atoms with Crippen molar-refractivity contribution in [3.8, 4) is 11.5 Å². The van der Waals surface area contributed by atoms with Gasteiger partial charge in [-0.15, -0.1) is 0 Å². The van der Waals surface area contributed by atoms with Gasteiger partial charge in [0.15, 0.2) is 11.5 Å². The van der Waals surface area contributed by atoms with Crippen molar-refractivity contribution in [1.29, 1.82) is 0 Å². The van der Waals surface area contributed by atoms with Gasteiger partial charge >= 0.3 is 5.97 Å². The maximum Gasteiger partial charge on any atom is 0.336 e. The summed E-state index contributed by atoms with van der Waals surface area (Å²) in [7, 11) is 1.50. The molecule has 114 valence electrons. The monoisotopic (exact) mass is 298 g/mol. The van der Waals surface area contributed by atoms with E-state index in [1.54, 1.807) is 18.2 Å². The number of carboxylic acid groups (broad SMARTS) is 1. The van der Waals surface area contributed by atoms with Crippen molar-refractivity contribution >= 4 is 12.0 Å². The summed E-state index contributed by atoms with van der Waals surface area (Å²) in [5, 5.41) is 9.28. The van der Waals surface area contributed by atoms with Crippen LogP contribution in [-0.2, 0) is 6.61 Å². The third kappa shape index (κ3) is 3.47. The molecule has 22 heavy (non-hydrogen) atoms. The molecule has 0 atom stereocenters. The number of rotatable bonds is 6. The Kier molecular flexibility index (Phi) is 5.20. The SMILES string of the molecule is C/C=C/c1c(C(=O)O)ccc(OCc2ccccc2)c1OC. The summed E-state index contributed by atoms with van der Waals surface area (Å²) in [6.45, 7) is 2.21. The van der Waals surface area contributed by atoms with Gasteiger partial charge in [-0.3, -0.25) is 0 Å². The summed E-state index contributed by atoms with van der Waals surface area (Å²) in [6.07, 6.45) is 3.48. The summed E-state index contributed by atoms with van der Waals surface area (Å²) >= 11 is 0. The Labute approximate surface area is 129 Å². The van der Waals surface area contributed by atoms with Crippen LogP contribution in [0.25, 0.3) is 6.08 Å². The lowest BCUT2D eigenvalue weighted by molar-refractivity contribution is 0.0696. The van der Waals surface area contributed by atoms with E-state index in [0.29, 0.717) is 23.7 Å². The van der Waals surface area contributed by atoms with Gasteiger partial charge in [0.2, 0.25) is 0 Å². The zero-order chi connectivity index (χ0) is 15.9. The number of hydrogen-bond donors (Lipinski definition) is 1. The van der Waals surface area contributed by atoms with Gasteiger partial charge in [0.05, 0.1) is 12.7 Å². The molecule has 0 unspecified atom stereocenters. The molecule has 2 aromatic carbocycles. The van der Waals surface area contributed by atoms with Crippen LogP contribution in [0.4, 0.5) is 0 Å². The van der Waals surface area contributed by atoms with E-state index in [4.69, 9.17) is 9.47 Å². The Hall–Kier alpha value is -2.75. The minimum atomic E-state index is -0.999. The largest absolute Gasteiger partial charge is 0.492 e. The predicted octanol–water partition coefficient (Wildman–Crippen LogP) is 4.01. The molecule has 0 saturated carbocycles. The summed E-state index contributed by atoms with van der Waals surface area (Å²) in [5.41, 5.74) is 1.71. The van der Waals surface area contributed by atoms with Crippen LogP contribution in [0.15, 0.2) is 48.5 Å². The number of hydrogen-bond acceptors (Lipinski definition) is 3. The topological polar surface area (TPSA) is 55.8 Å². The lowest BCUT2D eigenvalue weighted by atomic mass is 10.0. The quantitative estimate of drug-likeness (QED) is 0.875. The van der Waals surface area contributed by atoms with E-state index < -0.39 is 5.97 Å². The van der Waals surface area contributed by atoms with Gasteiger partial charge in [-0.25, -0.2) is 4.79 Å². The highest BCUT2D eigenvalue weighted by molar-refractivity contribution is 5.94. The summed E-state index contributed by atoms with van der Waals surface area (Å²) in [4.78, 5) is 11.3. The molecule has 0 aromatic heterocycles. The zero-order valence-electron chi connectivity index (χ0n) is 12.6. The van der Waals surface area contributed by atoms with Gasteiger partial charge in [-0.2, -0.15) is 0 Å². The highest BCUT2D eigenvalue weighted by Gasteiger charge is 2.17. The van der Waals surface area contributed by atoms with Gasteiger partial charge in [0.1, 0.15) is 6.61 Å². The van der Waals surface area contributed by atoms with E-state index in [-0.39, 0.29) is 5.56 Å². The van der Waals surface area contributed by atoms with Crippen LogP contribution >= 0.6 is 0 Å². The van der Waals surface area contributed by atoms with Crippen LogP contribution in [0.1, 0.15) is 28.4 Å². The molecule has 0 radical (unpaired) electrons. The molecule has 0 spiro atoms. The van der Waals surface area contributed by atoms with Crippen molar-refractivity contribution in [3.63, 3.8) is 0 Å². The molecule has 0 aliphatic heterocycles. The molecule has 0 aliphatic carbocycles. The van der Waals surface area contributed by atoms with Crippen molar-refractivity contribution in [2.75, 3.05) is 7.11 Å². The number of benzene rings is 2. The third-order valence-electron chi connectivity index (χ3n) is 3.16. The van der Waals surface area contributed by atoms with E-state index in [9.17, 15) is 9.90 Å². The van der Waals surface area contributed by atoms with Crippen LogP contribution in [0.3, 0.4) is 0 Å². The molecule has 1 N–H and O–H groups in total. The van der Waals surface area contributed by atoms with Crippen LogP contribution < -0.4 is 9.47 Å². The first-order chi connectivity index (χ1) is 10.7. The standard InChI is InChI=1S/C18H18O4/c1-3-7-14-15(18(19)20)10-11-16(17(14)21-2)22-12-13-8-5-4-6-9-13/h3-11H,12H2,1-2H3,(H,19,20)/b7-3+. The Morgan fingerprint density at radius 2 is 1.91 bits per heavy atom. The number of allylic oxidation sites excluding steroid dienone is 1. The number of methoxy groups -OCH3 is 1. The average molecular weight is 298 g/mol. The molecule has 0 fully saturated rings. The second-order valence-electron chi connectivity index (χ2n) is 4.64. The predicted molar refractivity (Wildman–Crippen MR) is 85.4 cm³/mol. The van der Waals surface area contributed by atoms with Gasteiger partial charge < -0.3 is 14.6 Å². The number of carbonyl (C=O) groups is 1. The van der Waals surface area contributed by atoms with Gasteiger partial charge in [0.25, 0.3) is 0 Å². The second kappa shape index (κ2) is 7.31. The molecule has 4 nitrogen and oxygen atoms in total. The summed E-state index contributed by atoms with van der Waals surface area (Å²) in [5.74, 6) is -0.0561. The van der Waals surface area contributed by atoms with E-state index >= 15 is 0 Å². The Bertz CT molecular complexity index is 675. The van der Waals surface area contributed by atoms with Crippen molar-refractivity contribution < 1.29 is 19.4 Å². The lowest BCUT2D eigenvalue weighted by Crippen LogP contribution is -2.04. The minimum Gasteiger partial charge on any atom is -0.492 e. The van der Waals surface area contributed by atoms with Crippen molar-refractivity contribution in [3.05, 3.63) is 65.2 Å². The van der Waals surface area contributed by atoms with Crippen LogP contribution in [0.5, 0.6) is 11.5 Å². The smallest absolute Gasteiger partial charge is 0.336 e. The van der Waals surface area contributed by atoms with Crippen LogP contribution in [0.2, 0.25) is 0 Å². The highest BCUT2D eigenvalue weighted by Crippen LogP contribution is 2.35.